The summed E-state index contributed by atoms with van der Waals surface area (Å²) in [6.45, 7) is 1.97. The number of aromatic nitrogens is 2. The van der Waals surface area contributed by atoms with E-state index < -0.39 is 0 Å². The lowest BCUT2D eigenvalue weighted by atomic mass is 10.1. The van der Waals surface area contributed by atoms with Gasteiger partial charge >= 0.3 is 0 Å². The molecule has 0 saturated carbocycles. The summed E-state index contributed by atoms with van der Waals surface area (Å²) in [4.78, 5) is 39.9. The summed E-state index contributed by atoms with van der Waals surface area (Å²) in [5, 5.41) is 6.06. The molecule has 1 N–H and O–H groups in total. The first kappa shape index (κ1) is 20.4. The SMILES string of the molecule is COc1ccc(CC(=O)N2CCCN(C(=O)c3ccc(=O)[nH]n3)CC2)cc1OC. The number of carbonyl (C=O) groups is 2. The largest absolute Gasteiger partial charge is 0.493 e. The van der Waals surface area contributed by atoms with Gasteiger partial charge in [0.15, 0.2) is 11.5 Å². The second-order valence-corrected chi connectivity index (χ2v) is 6.70. The summed E-state index contributed by atoms with van der Waals surface area (Å²) in [5.74, 6) is 0.937. The number of amides is 2. The van der Waals surface area contributed by atoms with Gasteiger partial charge in [-0.15, -0.1) is 0 Å². The van der Waals surface area contributed by atoms with Gasteiger partial charge in [-0.3, -0.25) is 14.4 Å². The van der Waals surface area contributed by atoms with Crippen LogP contribution in [-0.4, -0.2) is 72.2 Å². The maximum Gasteiger partial charge on any atom is 0.274 e. The molecule has 0 atom stereocenters. The Hall–Kier alpha value is -3.36. The molecule has 1 aromatic carbocycles. The summed E-state index contributed by atoms with van der Waals surface area (Å²) in [6.07, 6.45) is 0.919. The number of methoxy groups -OCH3 is 2. The van der Waals surface area contributed by atoms with Crippen LogP contribution >= 0.6 is 0 Å². The van der Waals surface area contributed by atoms with Crippen LogP contribution in [0.5, 0.6) is 11.5 Å². The van der Waals surface area contributed by atoms with E-state index in [-0.39, 0.29) is 29.5 Å². The van der Waals surface area contributed by atoms with Crippen LogP contribution in [0, 0.1) is 0 Å². The van der Waals surface area contributed by atoms with Gasteiger partial charge in [0.05, 0.1) is 20.6 Å². The highest BCUT2D eigenvalue weighted by Gasteiger charge is 2.24. The molecule has 0 aliphatic carbocycles. The smallest absolute Gasteiger partial charge is 0.274 e. The van der Waals surface area contributed by atoms with Crippen LogP contribution in [0.3, 0.4) is 0 Å². The first-order chi connectivity index (χ1) is 14.0. The fourth-order valence-electron chi connectivity index (χ4n) is 3.27. The number of rotatable bonds is 5. The molecule has 2 amide bonds. The quantitative estimate of drug-likeness (QED) is 0.792. The summed E-state index contributed by atoms with van der Waals surface area (Å²) in [7, 11) is 3.12. The van der Waals surface area contributed by atoms with Crippen LogP contribution in [0.4, 0.5) is 0 Å². The number of nitrogens with zero attached hydrogens (tertiary/aromatic N) is 3. The minimum atomic E-state index is -0.357. The summed E-state index contributed by atoms with van der Waals surface area (Å²) < 4.78 is 10.5. The molecule has 9 heteroatoms. The van der Waals surface area contributed by atoms with Crippen molar-refractivity contribution in [3.8, 4) is 11.5 Å². The Bertz CT molecular complexity index is 922. The highest BCUT2D eigenvalue weighted by Crippen LogP contribution is 2.27. The first-order valence-corrected chi connectivity index (χ1v) is 9.35. The van der Waals surface area contributed by atoms with Gasteiger partial charge in [0.1, 0.15) is 5.69 Å². The number of carbonyl (C=O) groups excluding carboxylic acids is 2. The van der Waals surface area contributed by atoms with Crippen molar-refractivity contribution in [2.75, 3.05) is 40.4 Å². The van der Waals surface area contributed by atoms with Crippen molar-refractivity contribution in [3.05, 3.63) is 51.9 Å². The molecule has 2 aromatic rings. The van der Waals surface area contributed by atoms with Gasteiger partial charge < -0.3 is 19.3 Å². The predicted molar refractivity (Wildman–Crippen MR) is 105 cm³/mol. The van der Waals surface area contributed by atoms with E-state index in [9.17, 15) is 14.4 Å². The molecule has 0 spiro atoms. The van der Waals surface area contributed by atoms with Gasteiger partial charge in [-0.2, -0.15) is 5.10 Å². The monoisotopic (exact) mass is 400 g/mol. The van der Waals surface area contributed by atoms with E-state index in [4.69, 9.17) is 9.47 Å². The van der Waals surface area contributed by atoms with E-state index in [1.807, 2.05) is 6.07 Å². The van der Waals surface area contributed by atoms with E-state index >= 15 is 0 Å². The highest BCUT2D eigenvalue weighted by atomic mass is 16.5. The lowest BCUT2D eigenvalue weighted by Gasteiger charge is -2.22. The molecule has 1 aliphatic heterocycles. The van der Waals surface area contributed by atoms with Crippen molar-refractivity contribution in [1.82, 2.24) is 20.0 Å². The normalized spacial score (nSPS) is 14.3. The van der Waals surface area contributed by atoms with Gasteiger partial charge in [0.25, 0.3) is 11.5 Å². The predicted octanol–water partition coefficient (Wildman–Crippen LogP) is 0.704. The van der Waals surface area contributed by atoms with Crippen LogP contribution in [-0.2, 0) is 11.2 Å². The topological polar surface area (TPSA) is 105 Å². The van der Waals surface area contributed by atoms with Crippen LogP contribution in [0.1, 0.15) is 22.5 Å². The molecule has 0 unspecified atom stereocenters. The Balaban J connectivity index is 1.61. The molecule has 1 fully saturated rings. The maximum absolute atomic E-state index is 12.8. The number of nitrogens with one attached hydrogen (secondary N) is 1. The number of ether oxygens (including phenoxy) is 2. The average molecular weight is 400 g/mol. The second kappa shape index (κ2) is 9.22. The number of hydrogen-bond donors (Lipinski definition) is 1. The minimum absolute atomic E-state index is 0.00585. The minimum Gasteiger partial charge on any atom is -0.493 e. The van der Waals surface area contributed by atoms with Gasteiger partial charge in [0.2, 0.25) is 5.91 Å². The Morgan fingerprint density at radius 1 is 1.00 bits per heavy atom. The first-order valence-electron chi connectivity index (χ1n) is 9.35. The third kappa shape index (κ3) is 4.92. The number of hydrogen-bond acceptors (Lipinski definition) is 6. The molecular weight excluding hydrogens is 376 g/mol. The molecule has 0 bridgehead atoms. The number of aromatic amines is 1. The fourth-order valence-corrected chi connectivity index (χ4v) is 3.27. The molecule has 29 heavy (non-hydrogen) atoms. The Labute approximate surface area is 168 Å². The number of benzene rings is 1. The molecule has 2 heterocycles. The zero-order valence-electron chi connectivity index (χ0n) is 16.5. The van der Waals surface area contributed by atoms with Crippen LogP contribution < -0.4 is 15.0 Å². The molecule has 1 aliphatic rings. The van der Waals surface area contributed by atoms with E-state index in [1.54, 1.807) is 36.2 Å². The third-order valence-corrected chi connectivity index (χ3v) is 4.84. The molecular formula is C20H24N4O5. The Morgan fingerprint density at radius 3 is 2.41 bits per heavy atom. The standard InChI is InChI=1S/C20H24N4O5/c1-28-16-6-4-14(12-17(16)29-2)13-19(26)23-8-3-9-24(11-10-23)20(27)15-5-7-18(25)22-21-15/h4-7,12H,3,8-11,13H2,1-2H3,(H,22,25). The van der Waals surface area contributed by atoms with Gasteiger partial charge in [-0.05, 0) is 30.2 Å². The Morgan fingerprint density at radius 2 is 1.72 bits per heavy atom. The van der Waals surface area contributed by atoms with Crippen molar-refractivity contribution < 1.29 is 19.1 Å². The van der Waals surface area contributed by atoms with Gasteiger partial charge in [0, 0.05) is 32.2 Å². The summed E-state index contributed by atoms with van der Waals surface area (Å²) in [5.41, 5.74) is 0.668. The molecule has 154 valence electrons. The molecule has 0 radical (unpaired) electrons. The van der Waals surface area contributed by atoms with Crippen molar-refractivity contribution >= 4 is 11.8 Å². The highest BCUT2D eigenvalue weighted by molar-refractivity contribution is 5.92. The lowest BCUT2D eigenvalue weighted by molar-refractivity contribution is -0.130. The average Bonchev–Trinajstić information content (AvgIpc) is 3.00. The fraction of sp³-hybridized carbons (Fsp3) is 0.400. The van der Waals surface area contributed by atoms with E-state index in [0.717, 1.165) is 5.56 Å². The summed E-state index contributed by atoms with van der Waals surface area (Å²) in [6, 6.07) is 8.10. The maximum atomic E-state index is 12.8. The zero-order valence-corrected chi connectivity index (χ0v) is 16.5. The number of H-pyrrole nitrogens is 1. The van der Waals surface area contributed by atoms with Gasteiger partial charge in [-0.1, -0.05) is 6.07 Å². The van der Waals surface area contributed by atoms with Crippen molar-refractivity contribution in [2.24, 2.45) is 0 Å². The van der Waals surface area contributed by atoms with Crippen molar-refractivity contribution in [1.29, 1.82) is 0 Å². The van der Waals surface area contributed by atoms with Crippen molar-refractivity contribution in [2.45, 2.75) is 12.8 Å². The van der Waals surface area contributed by atoms with Crippen LogP contribution in [0.15, 0.2) is 35.1 Å². The van der Waals surface area contributed by atoms with E-state index in [0.29, 0.717) is 44.1 Å². The van der Waals surface area contributed by atoms with Crippen LogP contribution in [0.25, 0.3) is 0 Å². The van der Waals surface area contributed by atoms with E-state index in [2.05, 4.69) is 10.2 Å². The molecule has 9 nitrogen and oxygen atoms in total. The van der Waals surface area contributed by atoms with Crippen LogP contribution in [0.2, 0.25) is 0 Å². The van der Waals surface area contributed by atoms with Crippen molar-refractivity contribution in [3.63, 3.8) is 0 Å². The Kier molecular flexibility index (Phi) is 6.48. The molecule has 1 saturated heterocycles. The third-order valence-electron chi connectivity index (χ3n) is 4.84. The lowest BCUT2D eigenvalue weighted by Crippen LogP contribution is -2.38. The molecule has 3 rings (SSSR count). The second-order valence-electron chi connectivity index (χ2n) is 6.70. The van der Waals surface area contributed by atoms with E-state index in [1.165, 1.54) is 12.1 Å². The summed E-state index contributed by atoms with van der Waals surface area (Å²) >= 11 is 0. The van der Waals surface area contributed by atoms with Gasteiger partial charge in [-0.25, -0.2) is 5.10 Å². The zero-order chi connectivity index (χ0) is 20.8. The molecule has 1 aromatic heterocycles.